The van der Waals surface area contributed by atoms with Crippen LogP contribution in [0.1, 0.15) is 51.0 Å². The molecule has 0 aliphatic rings. The van der Waals surface area contributed by atoms with E-state index in [0.29, 0.717) is 24.5 Å². The average Bonchev–Trinajstić information content (AvgIpc) is 3.21. The maximum Gasteiger partial charge on any atom is 0.305 e. The Kier molecular flexibility index (Phi) is 9.86. The molecular formula is C21H31N7O6. The molecule has 13 heteroatoms. The zero-order valence-electron chi connectivity index (χ0n) is 19.8. The summed E-state index contributed by atoms with van der Waals surface area (Å²) >= 11 is 0. The summed E-state index contributed by atoms with van der Waals surface area (Å²) in [5.74, 6) is -2.25. The second-order valence-electron chi connectivity index (χ2n) is 7.65. The van der Waals surface area contributed by atoms with Crippen molar-refractivity contribution in [2.45, 2.75) is 59.2 Å². The Morgan fingerprint density at radius 1 is 1.21 bits per heavy atom. The number of carbonyl (C=O) groups is 3. The van der Waals surface area contributed by atoms with Gasteiger partial charge in [-0.3, -0.25) is 28.6 Å². The van der Waals surface area contributed by atoms with E-state index in [1.54, 1.807) is 13.8 Å². The van der Waals surface area contributed by atoms with Crippen molar-refractivity contribution in [1.82, 2.24) is 30.1 Å². The minimum Gasteiger partial charge on any atom is -0.481 e. The molecule has 0 bridgehead atoms. The molecule has 2 rings (SSSR count). The van der Waals surface area contributed by atoms with Crippen molar-refractivity contribution in [3.05, 3.63) is 34.1 Å². The van der Waals surface area contributed by atoms with Crippen molar-refractivity contribution in [3.63, 3.8) is 0 Å². The molecule has 186 valence electrons. The molecule has 0 aromatic carbocycles. The number of aromatic nitrogens is 4. The molecule has 0 saturated heterocycles. The minimum atomic E-state index is -1.21. The minimum absolute atomic E-state index is 0.00385. The van der Waals surface area contributed by atoms with E-state index >= 15 is 0 Å². The number of nitrogens with one attached hydrogen (secondary N) is 2. The molecule has 2 aromatic rings. The number of carbonyl (C=O) groups excluding carboxylic acids is 2. The number of aryl methyl sites for hydroxylation is 1. The zero-order valence-corrected chi connectivity index (χ0v) is 19.8. The highest BCUT2D eigenvalue weighted by molar-refractivity contribution is 5.93. The number of carboxylic acid groups (broad SMARTS) is 1. The van der Waals surface area contributed by atoms with E-state index in [2.05, 4.69) is 30.6 Å². The van der Waals surface area contributed by atoms with Crippen LogP contribution in [0.25, 0.3) is 0 Å². The molecule has 2 unspecified atom stereocenters. The van der Waals surface area contributed by atoms with Crippen LogP contribution in [-0.4, -0.2) is 73.2 Å². The van der Waals surface area contributed by atoms with Crippen molar-refractivity contribution in [2.75, 3.05) is 25.0 Å². The summed E-state index contributed by atoms with van der Waals surface area (Å²) in [6.07, 6.45) is 2.42. The first kappa shape index (κ1) is 26.6. The van der Waals surface area contributed by atoms with E-state index in [-0.39, 0.29) is 25.3 Å². The molecule has 0 fully saturated rings. The first-order valence-corrected chi connectivity index (χ1v) is 11.1. The Hall–Kier alpha value is -3.61. The second kappa shape index (κ2) is 12.6. The number of anilines is 1. The maximum atomic E-state index is 13.0. The summed E-state index contributed by atoms with van der Waals surface area (Å²) in [5, 5.41) is 22.0. The Morgan fingerprint density at radius 2 is 1.91 bits per heavy atom. The van der Waals surface area contributed by atoms with Crippen LogP contribution in [0.3, 0.4) is 0 Å². The van der Waals surface area contributed by atoms with E-state index in [0.717, 1.165) is 0 Å². The van der Waals surface area contributed by atoms with E-state index in [1.807, 2.05) is 18.7 Å². The summed E-state index contributed by atoms with van der Waals surface area (Å²) < 4.78 is 5.83. The molecule has 13 nitrogen and oxygen atoms in total. The molecular weight excluding hydrogens is 446 g/mol. The highest BCUT2D eigenvalue weighted by atomic mass is 16.6. The topological polar surface area (TPSA) is 173 Å². The van der Waals surface area contributed by atoms with Gasteiger partial charge in [0.1, 0.15) is 17.4 Å². The lowest BCUT2D eigenvalue weighted by atomic mass is 10.1. The van der Waals surface area contributed by atoms with Gasteiger partial charge in [0.15, 0.2) is 11.6 Å². The molecule has 0 saturated carbocycles. The predicted molar refractivity (Wildman–Crippen MR) is 121 cm³/mol. The fraction of sp³-hybridized carbons (Fsp3) is 0.571. The first-order chi connectivity index (χ1) is 16.2. The normalized spacial score (nSPS) is 12.9. The molecule has 0 aliphatic carbocycles. The third-order valence-corrected chi connectivity index (χ3v) is 5.42. The monoisotopic (exact) mass is 477 g/mol. The van der Waals surface area contributed by atoms with Crippen LogP contribution in [0, 0.1) is 6.92 Å². The number of hydrogen-bond acceptors (Lipinski definition) is 10. The number of nitrogens with zero attached hydrogens (tertiary/aromatic N) is 5. The van der Waals surface area contributed by atoms with Gasteiger partial charge in [-0.15, -0.1) is 0 Å². The lowest BCUT2D eigenvalue weighted by Gasteiger charge is -2.24. The standard InChI is InChI=1S/C21H31N7O6/c1-5-16(20(32)24-14(10-18(30)31)17(29)12-27(6-2)7-3)28-9-8-22-19(21(28)33)23-11-15-13(4)25-34-26-15/h8-9,14,16H,5-7,10-12H2,1-4H3,(H,22,23)(H,24,32)(H,30,31). The number of carboxylic acids is 1. The molecule has 1 amide bonds. The summed E-state index contributed by atoms with van der Waals surface area (Å²) in [5.41, 5.74) is 0.515. The van der Waals surface area contributed by atoms with Gasteiger partial charge >= 0.3 is 5.97 Å². The van der Waals surface area contributed by atoms with Crippen molar-refractivity contribution in [2.24, 2.45) is 0 Å². The van der Waals surface area contributed by atoms with Crippen LogP contribution in [0.5, 0.6) is 0 Å². The lowest BCUT2D eigenvalue weighted by molar-refractivity contribution is -0.140. The number of hydrogen-bond donors (Lipinski definition) is 3. The largest absolute Gasteiger partial charge is 0.481 e. The molecule has 3 N–H and O–H groups in total. The van der Waals surface area contributed by atoms with Gasteiger partial charge < -0.3 is 15.7 Å². The molecule has 0 aliphatic heterocycles. The SMILES string of the molecule is CCC(C(=O)NC(CC(=O)O)C(=O)CN(CC)CC)n1ccnc(NCc2nonc2C)c1=O. The molecule has 34 heavy (non-hydrogen) atoms. The van der Waals surface area contributed by atoms with Crippen LogP contribution in [0.2, 0.25) is 0 Å². The van der Waals surface area contributed by atoms with Crippen LogP contribution in [0.15, 0.2) is 21.8 Å². The number of amides is 1. The number of ketones is 1. The zero-order chi connectivity index (χ0) is 25.3. The first-order valence-electron chi connectivity index (χ1n) is 11.1. The van der Waals surface area contributed by atoms with Crippen LogP contribution < -0.4 is 16.2 Å². The summed E-state index contributed by atoms with van der Waals surface area (Å²) in [6, 6.07) is -2.18. The fourth-order valence-electron chi connectivity index (χ4n) is 3.34. The third-order valence-electron chi connectivity index (χ3n) is 5.42. The van der Waals surface area contributed by atoms with E-state index in [1.165, 1.54) is 17.0 Å². The Labute approximate surface area is 196 Å². The third kappa shape index (κ3) is 6.94. The Bertz CT molecular complexity index is 1050. The van der Waals surface area contributed by atoms with Crippen molar-refractivity contribution in [1.29, 1.82) is 0 Å². The molecule has 2 atom stereocenters. The van der Waals surface area contributed by atoms with Gasteiger partial charge in [0.2, 0.25) is 5.91 Å². The summed E-state index contributed by atoms with van der Waals surface area (Å²) in [4.78, 5) is 55.9. The van der Waals surface area contributed by atoms with Crippen LogP contribution in [-0.2, 0) is 20.9 Å². The smallest absolute Gasteiger partial charge is 0.305 e. The average molecular weight is 478 g/mol. The number of likely N-dealkylation sites (N-methyl/N-ethyl adjacent to an activating group) is 1. The van der Waals surface area contributed by atoms with Gasteiger partial charge in [-0.1, -0.05) is 31.1 Å². The van der Waals surface area contributed by atoms with Gasteiger partial charge in [-0.2, -0.15) is 0 Å². The van der Waals surface area contributed by atoms with Crippen molar-refractivity contribution in [3.8, 4) is 0 Å². The van der Waals surface area contributed by atoms with Crippen LogP contribution in [0.4, 0.5) is 5.82 Å². The number of Topliss-reactive ketones (excluding diaryl/α,β-unsaturated/α-hetero) is 1. The van der Waals surface area contributed by atoms with Gasteiger partial charge in [0.25, 0.3) is 5.56 Å². The lowest BCUT2D eigenvalue weighted by Crippen LogP contribution is -2.49. The highest BCUT2D eigenvalue weighted by Crippen LogP contribution is 2.12. The van der Waals surface area contributed by atoms with E-state index in [4.69, 9.17) is 0 Å². The highest BCUT2D eigenvalue weighted by Gasteiger charge is 2.29. The molecule has 2 heterocycles. The van der Waals surface area contributed by atoms with E-state index in [9.17, 15) is 24.3 Å². The van der Waals surface area contributed by atoms with Gasteiger partial charge in [0, 0.05) is 12.4 Å². The molecule has 2 aromatic heterocycles. The maximum absolute atomic E-state index is 13.0. The fourth-order valence-corrected chi connectivity index (χ4v) is 3.34. The number of rotatable bonds is 14. The van der Waals surface area contributed by atoms with Gasteiger partial charge in [0.05, 0.1) is 25.6 Å². The van der Waals surface area contributed by atoms with Crippen molar-refractivity contribution >= 4 is 23.5 Å². The van der Waals surface area contributed by atoms with E-state index < -0.39 is 41.7 Å². The predicted octanol–water partition coefficient (Wildman–Crippen LogP) is 0.368. The van der Waals surface area contributed by atoms with Crippen molar-refractivity contribution < 1.29 is 24.1 Å². The quantitative estimate of drug-likeness (QED) is 0.343. The summed E-state index contributed by atoms with van der Waals surface area (Å²) in [6.45, 7) is 8.56. The molecule has 0 radical (unpaired) electrons. The van der Waals surface area contributed by atoms with Gasteiger partial charge in [-0.05, 0) is 26.4 Å². The second-order valence-corrected chi connectivity index (χ2v) is 7.65. The Morgan fingerprint density at radius 3 is 2.47 bits per heavy atom. The molecule has 0 spiro atoms. The summed E-state index contributed by atoms with van der Waals surface area (Å²) in [7, 11) is 0. The van der Waals surface area contributed by atoms with Gasteiger partial charge in [-0.25, -0.2) is 9.61 Å². The number of aliphatic carboxylic acids is 1. The van der Waals surface area contributed by atoms with Crippen LogP contribution >= 0.6 is 0 Å². The Balaban J connectivity index is 2.20.